The minimum Gasteiger partial charge on any atom is -0.472 e. The maximum atomic E-state index is 6.14. The number of nitrogens with zero attached hydrogens (tertiary/aromatic N) is 4. The Labute approximate surface area is 149 Å². The van der Waals surface area contributed by atoms with Crippen molar-refractivity contribution in [3.05, 3.63) is 24.8 Å². The molecule has 3 heterocycles. The summed E-state index contributed by atoms with van der Waals surface area (Å²) in [6, 6.07) is 4.01. The maximum absolute atomic E-state index is 6.14. The van der Waals surface area contributed by atoms with Gasteiger partial charge in [-0.25, -0.2) is 0 Å². The fourth-order valence-corrected chi connectivity index (χ4v) is 4.16. The number of aromatic nitrogens is 2. The summed E-state index contributed by atoms with van der Waals surface area (Å²) in [7, 11) is 0. The maximum Gasteiger partial charge on any atom is 0.233 e. The van der Waals surface area contributed by atoms with E-state index >= 15 is 0 Å². The topological polar surface area (TPSA) is 41.5 Å². The van der Waals surface area contributed by atoms with Crippen molar-refractivity contribution in [2.45, 2.75) is 31.8 Å². The average Bonchev–Trinajstić information content (AvgIpc) is 3.14. The van der Waals surface area contributed by atoms with Crippen molar-refractivity contribution < 1.29 is 4.74 Å². The second kappa shape index (κ2) is 9.28. The first-order chi connectivity index (χ1) is 11.8. The normalized spacial score (nSPS) is 20.1. The highest BCUT2D eigenvalue weighted by Gasteiger charge is 2.19. The number of anilines is 1. The molecule has 0 bridgehead atoms. The number of allylic oxidation sites excluding steroid dienone is 1. The van der Waals surface area contributed by atoms with Crippen molar-refractivity contribution >= 4 is 17.6 Å². The van der Waals surface area contributed by atoms with E-state index in [2.05, 4.69) is 26.6 Å². The molecule has 0 radical (unpaired) electrons. The minimum atomic E-state index is 0.160. The average molecular weight is 349 g/mol. The zero-order chi connectivity index (χ0) is 16.6. The van der Waals surface area contributed by atoms with Crippen LogP contribution in [0.1, 0.15) is 25.7 Å². The van der Waals surface area contributed by atoms with Gasteiger partial charge in [0.15, 0.2) is 5.82 Å². The highest BCUT2D eigenvalue weighted by Crippen LogP contribution is 2.20. The molecule has 0 saturated carbocycles. The minimum absolute atomic E-state index is 0.160. The van der Waals surface area contributed by atoms with Gasteiger partial charge in [0.05, 0.1) is 0 Å². The zero-order valence-electron chi connectivity index (χ0n) is 14.4. The van der Waals surface area contributed by atoms with Crippen molar-refractivity contribution in [3.8, 4) is 5.88 Å². The van der Waals surface area contributed by atoms with Gasteiger partial charge < -0.3 is 9.64 Å². The first-order valence-electron chi connectivity index (χ1n) is 9.01. The molecule has 1 aromatic heterocycles. The number of likely N-dealkylation sites (tertiary alicyclic amines) is 1. The van der Waals surface area contributed by atoms with Gasteiger partial charge in [-0.3, -0.25) is 4.90 Å². The van der Waals surface area contributed by atoms with Crippen LogP contribution in [0, 0.1) is 0 Å². The lowest BCUT2D eigenvalue weighted by Gasteiger charge is -2.27. The number of rotatable bonds is 8. The van der Waals surface area contributed by atoms with Gasteiger partial charge in [-0.1, -0.05) is 6.08 Å². The summed E-state index contributed by atoms with van der Waals surface area (Å²) in [6.45, 7) is 9.28. The number of ether oxygens (including phenoxy) is 1. The Morgan fingerprint density at radius 2 is 1.96 bits per heavy atom. The van der Waals surface area contributed by atoms with E-state index in [4.69, 9.17) is 4.74 Å². The lowest BCUT2D eigenvalue weighted by molar-refractivity contribution is 0.133. The summed E-state index contributed by atoms with van der Waals surface area (Å²) < 4.78 is 6.14. The highest BCUT2D eigenvalue weighted by atomic mass is 32.2. The molecule has 0 N–H and O–H groups in total. The quantitative estimate of drug-likeness (QED) is 0.673. The first kappa shape index (κ1) is 17.5. The molecular weight excluding hydrogens is 320 g/mol. The molecule has 1 aromatic rings. The predicted molar refractivity (Wildman–Crippen MR) is 101 cm³/mol. The van der Waals surface area contributed by atoms with Crippen LogP contribution in [0.15, 0.2) is 24.8 Å². The van der Waals surface area contributed by atoms with E-state index in [1.54, 1.807) is 0 Å². The molecule has 5 nitrogen and oxygen atoms in total. The Kier molecular flexibility index (Phi) is 6.78. The van der Waals surface area contributed by atoms with Crippen LogP contribution in [0.4, 0.5) is 5.82 Å². The number of hydrogen-bond donors (Lipinski definition) is 0. The van der Waals surface area contributed by atoms with E-state index in [9.17, 15) is 0 Å². The standard InChI is InChI=1S/C18H28N4OS/c1-2-3-6-16(15-21-9-4-5-10-21)23-18-8-7-17(19-20-18)22-11-13-24-14-12-22/h2,7-8,16H,1,3-6,9-15H2. The van der Waals surface area contributed by atoms with E-state index in [0.717, 1.165) is 38.3 Å². The summed E-state index contributed by atoms with van der Waals surface area (Å²) >= 11 is 2.00. The van der Waals surface area contributed by atoms with Gasteiger partial charge in [-0.2, -0.15) is 11.8 Å². The van der Waals surface area contributed by atoms with E-state index in [1.807, 2.05) is 30.0 Å². The number of hydrogen-bond acceptors (Lipinski definition) is 6. The molecular formula is C18H28N4OS. The van der Waals surface area contributed by atoms with E-state index in [0.29, 0.717) is 5.88 Å². The molecule has 132 valence electrons. The van der Waals surface area contributed by atoms with Crippen LogP contribution in [0.3, 0.4) is 0 Å². The van der Waals surface area contributed by atoms with Gasteiger partial charge in [-0.05, 0) is 44.8 Å². The second-order valence-electron chi connectivity index (χ2n) is 6.44. The summed E-state index contributed by atoms with van der Waals surface area (Å²) in [5.41, 5.74) is 0. The van der Waals surface area contributed by atoms with Crippen LogP contribution in [-0.4, -0.2) is 65.4 Å². The molecule has 0 amide bonds. The van der Waals surface area contributed by atoms with Gasteiger partial charge in [-0.15, -0.1) is 16.8 Å². The van der Waals surface area contributed by atoms with Gasteiger partial charge in [0.2, 0.25) is 5.88 Å². The molecule has 24 heavy (non-hydrogen) atoms. The third-order valence-corrected chi connectivity index (χ3v) is 5.54. The molecule has 1 unspecified atom stereocenters. The van der Waals surface area contributed by atoms with E-state index in [-0.39, 0.29) is 6.10 Å². The predicted octanol–water partition coefficient (Wildman–Crippen LogP) is 2.84. The van der Waals surface area contributed by atoms with Crippen LogP contribution in [0.5, 0.6) is 5.88 Å². The van der Waals surface area contributed by atoms with Gasteiger partial charge in [0.1, 0.15) is 6.10 Å². The van der Waals surface area contributed by atoms with Crippen molar-refractivity contribution in [3.63, 3.8) is 0 Å². The fraction of sp³-hybridized carbons (Fsp3) is 0.667. The van der Waals surface area contributed by atoms with E-state index in [1.165, 1.54) is 37.4 Å². The monoisotopic (exact) mass is 348 g/mol. The van der Waals surface area contributed by atoms with Gasteiger partial charge >= 0.3 is 0 Å². The van der Waals surface area contributed by atoms with Crippen molar-refractivity contribution in [2.24, 2.45) is 0 Å². The lowest BCUT2D eigenvalue weighted by atomic mass is 10.2. The SMILES string of the molecule is C=CCCC(CN1CCCC1)Oc1ccc(N2CCSCC2)nn1. The van der Waals surface area contributed by atoms with Gasteiger partial charge in [0.25, 0.3) is 0 Å². The smallest absolute Gasteiger partial charge is 0.233 e. The molecule has 2 saturated heterocycles. The molecule has 0 aliphatic carbocycles. The third-order valence-electron chi connectivity index (χ3n) is 4.60. The summed E-state index contributed by atoms with van der Waals surface area (Å²) in [5, 5.41) is 8.69. The largest absolute Gasteiger partial charge is 0.472 e. The van der Waals surface area contributed by atoms with Crippen molar-refractivity contribution in [1.29, 1.82) is 0 Å². The van der Waals surface area contributed by atoms with Crippen molar-refractivity contribution in [1.82, 2.24) is 15.1 Å². The summed E-state index contributed by atoms with van der Waals surface area (Å²) in [5.74, 6) is 3.93. The molecule has 0 aromatic carbocycles. The lowest BCUT2D eigenvalue weighted by Crippen LogP contribution is -2.34. The molecule has 3 rings (SSSR count). The molecule has 2 aliphatic heterocycles. The van der Waals surface area contributed by atoms with Crippen LogP contribution in [0.25, 0.3) is 0 Å². The van der Waals surface area contributed by atoms with Gasteiger partial charge in [0, 0.05) is 37.2 Å². The molecule has 2 aliphatic rings. The van der Waals surface area contributed by atoms with Crippen LogP contribution in [0.2, 0.25) is 0 Å². The first-order valence-corrected chi connectivity index (χ1v) is 10.2. The Bertz CT molecular complexity index is 498. The van der Waals surface area contributed by atoms with Crippen LogP contribution in [-0.2, 0) is 0 Å². The Morgan fingerprint density at radius 3 is 2.62 bits per heavy atom. The fourth-order valence-electron chi connectivity index (χ4n) is 3.25. The molecule has 6 heteroatoms. The Hall–Kier alpha value is -1.27. The molecule has 1 atom stereocenters. The molecule has 0 spiro atoms. The zero-order valence-corrected chi connectivity index (χ0v) is 15.2. The second-order valence-corrected chi connectivity index (χ2v) is 7.67. The molecule has 2 fully saturated rings. The van der Waals surface area contributed by atoms with E-state index < -0.39 is 0 Å². The Morgan fingerprint density at radius 1 is 1.17 bits per heavy atom. The van der Waals surface area contributed by atoms with Crippen molar-refractivity contribution in [2.75, 3.05) is 49.1 Å². The Balaban J connectivity index is 1.57. The third kappa shape index (κ3) is 5.11. The summed E-state index contributed by atoms with van der Waals surface area (Å²) in [6.07, 6.45) is 6.67. The number of thioether (sulfide) groups is 1. The van der Waals surface area contributed by atoms with Crippen LogP contribution >= 0.6 is 11.8 Å². The van der Waals surface area contributed by atoms with Crippen LogP contribution < -0.4 is 9.64 Å². The summed E-state index contributed by atoms with van der Waals surface area (Å²) in [4.78, 5) is 4.79. The highest BCUT2D eigenvalue weighted by molar-refractivity contribution is 7.99.